The Bertz CT molecular complexity index is 1120. The quantitative estimate of drug-likeness (QED) is 0.512. The van der Waals surface area contributed by atoms with E-state index in [2.05, 4.69) is 20.8 Å². The Balaban J connectivity index is 1.94. The molecule has 4 rings (SSSR count). The number of fused-ring (bicyclic) bond motifs is 1. The first-order valence-electron chi connectivity index (χ1n) is 8.77. The molecule has 0 radical (unpaired) electrons. The standard InChI is InChI=1S/C20H17N5O4/c1-11-3-5-13(6-4-11)18(27)15-16(19(28)29-2)21-20-22-23-24-25(20)17(15)12-7-9-14(26)10-8-12/h3-10,17,26H,1-2H3,(H,21,22,24)/t17-/m0/s1. The summed E-state index contributed by atoms with van der Waals surface area (Å²) in [5.74, 6) is -0.803. The van der Waals surface area contributed by atoms with Crippen molar-refractivity contribution in [3.05, 3.63) is 76.5 Å². The number of rotatable bonds is 4. The molecule has 0 unspecified atom stereocenters. The summed E-state index contributed by atoms with van der Waals surface area (Å²) in [6, 6.07) is 12.5. The molecule has 146 valence electrons. The highest BCUT2D eigenvalue weighted by molar-refractivity contribution is 6.14. The Morgan fingerprint density at radius 3 is 2.45 bits per heavy atom. The number of phenols is 1. The molecule has 2 N–H and O–H groups in total. The van der Waals surface area contributed by atoms with Gasteiger partial charge in [0.1, 0.15) is 17.5 Å². The van der Waals surface area contributed by atoms with E-state index in [0.29, 0.717) is 11.1 Å². The maximum Gasteiger partial charge on any atom is 0.355 e. The summed E-state index contributed by atoms with van der Waals surface area (Å²) < 4.78 is 6.31. The van der Waals surface area contributed by atoms with Crippen molar-refractivity contribution in [1.82, 2.24) is 20.2 Å². The number of methoxy groups -OCH3 is 1. The highest BCUT2D eigenvalue weighted by atomic mass is 16.5. The molecule has 0 aliphatic carbocycles. The molecule has 1 atom stereocenters. The molecule has 0 spiro atoms. The summed E-state index contributed by atoms with van der Waals surface area (Å²) in [4.78, 5) is 26.0. The molecule has 0 fully saturated rings. The van der Waals surface area contributed by atoms with E-state index in [9.17, 15) is 14.7 Å². The van der Waals surface area contributed by atoms with E-state index in [0.717, 1.165) is 5.56 Å². The lowest BCUT2D eigenvalue weighted by Crippen LogP contribution is -2.32. The fraction of sp³-hybridized carbons (Fsp3) is 0.150. The lowest BCUT2D eigenvalue weighted by Gasteiger charge is -2.28. The maximum absolute atomic E-state index is 13.5. The van der Waals surface area contributed by atoms with E-state index >= 15 is 0 Å². The first-order valence-corrected chi connectivity index (χ1v) is 8.77. The van der Waals surface area contributed by atoms with E-state index in [1.54, 1.807) is 24.3 Å². The zero-order valence-electron chi connectivity index (χ0n) is 15.7. The third kappa shape index (κ3) is 3.22. The zero-order valence-corrected chi connectivity index (χ0v) is 15.7. The number of Topliss-reactive ketones (excluding diaryl/α,β-unsaturated/α-hetero) is 1. The molecule has 0 saturated carbocycles. The van der Waals surface area contributed by atoms with Crippen LogP contribution < -0.4 is 5.32 Å². The number of benzene rings is 2. The molecule has 0 amide bonds. The van der Waals surface area contributed by atoms with Crippen molar-refractivity contribution < 1.29 is 19.4 Å². The van der Waals surface area contributed by atoms with Gasteiger partial charge in [-0.3, -0.25) is 4.79 Å². The molecular weight excluding hydrogens is 374 g/mol. The van der Waals surface area contributed by atoms with Gasteiger partial charge in [-0.25, -0.2) is 4.79 Å². The Kier molecular flexibility index (Phi) is 4.55. The average Bonchev–Trinajstić information content (AvgIpc) is 3.21. The number of carbonyl (C=O) groups is 2. The lowest BCUT2D eigenvalue weighted by molar-refractivity contribution is -0.136. The summed E-state index contributed by atoms with van der Waals surface area (Å²) in [6.07, 6.45) is 0. The van der Waals surface area contributed by atoms with Crippen molar-refractivity contribution in [3.63, 3.8) is 0 Å². The van der Waals surface area contributed by atoms with Crippen LogP contribution >= 0.6 is 0 Å². The monoisotopic (exact) mass is 391 g/mol. The molecule has 1 aromatic heterocycles. The number of nitrogens with one attached hydrogen (secondary N) is 1. The largest absolute Gasteiger partial charge is 0.508 e. The first-order chi connectivity index (χ1) is 14.0. The van der Waals surface area contributed by atoms with Gasteiger partial charge in [-0.1, -0.05) is 47.1 Å². The van der Waals surface area contributed by atoms with E-state index in [4.69, 9.17) is 4.74 Å². The topological polar surface area (TPSA) is 119 Å². The van der Waals surface area contributed by atoms with Crippen LogP contribution in [-0.2, 0) is 9.53 Å². The Labute approximate surface area is 165 Å². The number of allylic oxidation sites excluding steroid dienone is 1. The number of ether oxygens (including phenoxy) is 1. The van der Waals surface area contributed by atoms with Gasteiger partial charge in [0.25, 0.3) is 0 Å². The van der Waals surface area contributed by atoms with E-state index in [-0.39, 0.29) is 28.8 Å². The van der Waals surface area contributed by atoms with E-state index in [1.165, 1.54) is 23.9 Å². The number of anilines is 1. The number of aromatic nitrogens is 4. The van der Waals surface area contributed by atoms with Crippen LogP contribution in [0.5, 0.6) is 5.75 Å². The molecule has 0 bridgehead atoms. The lowest BCUT2D eigenvalue weighted by atomic mass is 9.89. The van der Waals surface area contributed by atoms with Gasteiger partial charge in [0.15, 0.2) is 5.78 Å². The highest BCUT2D eigenvalue weighted by Gasteiger charge is 2.38. The molecule has 3 aromatic rings. The number of hydrogen-bond acceptors (Lipinski definition) is 8. The zero-order chi connectivity index (χ0) is 20.5. The number of hydrogen-bond donors (Lipinski definition) is 2. The van der Waals surface area contributed by atoms with Gasteiger partial charge in [0, 0.05) is 5.56 Å². The SMILES string of the molecule is COC(=O)C1=C(C(=O)c2ccc(C)cc2)[C@H](c2ccc(O)cc2)n2nnnc2N1. The van der Waals surface area contributed by atoms with Gasteiger partial charge in [0.05, 0.1) is 12.7 Å². The maximum atomic E-state index is 13.5. The van der Waals surface area contributed by atoms with Crippen LogP contribution in [-0.4, -0.2) is 44.2 Å². The molecule has 0 saturated heterocycles. The third-order valence-electron chi connectivity index (χ3n) is 4.67. The number of nitrogens with zero attached hydrogens (tertiary/aromatic N) is 4. The number of aryl methyl sites for hydroxylation is 1. The van der Waals surface area contributed by atoms with Gasteiger partial charge in [-0.15, -0.1) is 0 Å². The van der Waals surface area contributed by atoms with Crippen LogP contribution in [0.2, 0.25) is 0 Å². The summed E-state index contributed by atoms with van der Waals surface area (Å²) in [5, 5.41) is 24.0. The predicted molar refractivity (Wildman–Crippen MR) is 102 cm³/mol. The molecule has 9 nitrogen and oxygen atoms in total. The van der Waals surface area contributed by atoms with Crippen LogP contribution in [0.3, 0.4) is 0 Å². The normalized spacial score (nSPS) is 15.4. The second-order valence-corrected chi connectivity index (χ2v) is 6.54. The molecular formula is C20H17N5O4. The fourth-order valence-electron chi connectivity index (χ4n) is 3.21. The van der Waals surface area contributed by atoms with Crippen molar-refractivity contribution >= 4 is 17.7 Å². The fourth-order valence-corrected chi connectivity index (χ4v) is 3.21. The summed E-state index contributed by atoms with van der Waals surface area (Å²) in [7, 11) is 1.23. The van der Waals surface area contributed by atoms with Crippen molar-refractivity contribution in [2.75, 3.05) is 12.4 Å². The number of ketones is 1. The minimum atomic E-state index is -0.787. The number of phenolic OH excluding ortho intramolecular Hbond substituents is 1. The Morgan fingerprint density at radius 2 is 1.79 bits per heavy atom. The molecule has 1 aliphatic heterocycles. The third-order valence-corrected chi connectivity index (χ3v) is 4.67. The molecule has 29 heavy (non-hydrogen) atoms. The smallest absolute Gasteiger partial charge is 0.355 e. The van der Waals surface area contributed by atoms with Crippen LogP contribution in [0.15, 0.2) is 59.8 Å². The number of carbonyl (C=O) groups excluding carboxylic acids is 2. The minimum absolute atomic E-state index is 0.0292. The van der Waals surface area contributed by atoms with Gasteiger partial charge in [-0.05, 0) is 35.0 Å². The molecule has 2 heterocycles. The molecule has 1 aliphatic rings. The van der Waals surface area contributed by atoms with Gasteiger partial charge >= 0.3 is 5.97 Å². The van der Waals surface area contributed by atoms with E-state index in [1.807, 2.05) is 19.1 Å². The van der Waals surface area contributed by atoms with Crippen LogP contribution in [0.25, 0.3) is 0 Å². The number of esters is 1. The van der Waals surface area contributed by atoms with Crippen LogP contribution in [0.1, 0.15) is 27.5 Å². The van der Waals surface area contributed by atoms with Crippen molar-refractivity contribution in [1.29, 1.82) is 0 Å². The Morgan fingerprint density at radius 1 is 1.10 bits per heavy atom. The minimum Gasteiger partial charge on any atom is -0.508 e. The van der Waals surface area contributed by atoms with Gasteiger partial charge in [-0.2, -0.15) is 4.68 Å². The molecule has 9 heteroatoms. The number of tetrazole rings is 1. The van der Waals surface area contributed by atoms with Gasteiger partial charge in [0.2, 0.25) is 5.95 Å². The molecule has 2 aromatic carbocycles. The summed E-state index contributed by atoms with van der Waals surface area (Å²) >= 11 is 0. The summed E-state index contributed by atoms with van der Waals surface area (Å²) in [5.41, 5.74) is 2.15. The van der Waals surface area contributed by atoms with Crippen molar-refractivity contribution in [2.24, 2.45) is 0 Å². The van der Waals surface area contributed by atoms with Crippen LogP contribution in [0, 0.1) is 6.92 Å². The first kappa shape index (κ1) is 18.4. The van der Waals surface area contributed by atoms with Gasteiger partial charge < -0.3 is 15.2 Å². The van der Waals surface area contributed by atoms with Crippen molar-refractivity contribution in [3.8, 4) is 5.75 Å². The van der Waals surface area contributed by atoms with E-state index < -0.39 is 12.0 Å². The summed E-state index contributed by atoms with van der Waals surface area (Å²) in [6.45, 7) is 1.92. The average molecular weight is 391 g/mol. The second kappa shape index (κ2) is 7.19. The van der Waals surface area contributed by atoms with Crippen molar-refractivity contribution in [2.45, 2.75) is 13.0 Å². The second-order valence-electron chi connectivity index (χ2n) is 6.54. The Hall–Kier alpha value is -4.01. The van der Waals surface area contributed by atoms with Crippen LogP contribution in [0.4, 0.5) is 5.95 Å². The number of aromatic hydroxyl groups is 1. The predicted octanol–water partition coefficient (Wildman–Crippen LogP) is 2.01. The highest BCUT2D eigenvalue weighted by Crippen LogP contribution is 2.37.